The van der Waals surface area contributed by atoms with Crippen LogP contribution in [0.3, 0.4) is 0 Å². The fourth-order valence-corrected chi connectivity index (χ4v) is 4.55. The molecular formula is C15H25NO3. The van der Waals surface area contributed by atoms with E-state index in [0.29, 0.717) is 25.2 Å². The highest BCUT2D eigenvalue weighted by Crippen LogP contribution is 2.49. The highest BCUT2D eigenvalue weighted by molar-refractivity contribution is 5.76. The first-order chi connectivity index (χ1) is 9.14. The van der Waals surface area contributed by atoms with E-state index < -0.39 is 0 Å². The Balaban J connectivity index is 1.41. The Hall–Kier alpha value is -0.610. The third kappa shape index (κ3) is 2.52. The summed E-state index contributed by atoms with van der Waals surface area (Å²) in [4.78, 5) is 12.0. The Morgan fingerprint density at radius 3 is 2.42 bits per heavy atom. The van der Waals surface area contributed by atoms with Gasteiger partial charge in [0.15, 0.2) is 0 Å². The van der Waals surface area contributed by atoms with Crippen LogP contribution in [-0.4, -0.2) is 35.4 Å². The van der Waals surface area contributed by atoms with E-state index in [1.165, 1.54) is 25.7 Å². The van der Waals surface area contributed by atoms with E-state index in [1.54, 1.807) is 0 Å². The Labute approximate surface area is 114 Å². The third-order valence-electron chi connectivity index (χ3n) is 5.73. The van der Waals surface area contributed by atoms with E-state index in [0.717, 1.165) is 11.8 Å². The predicted octanol–water partition coefficient (Wildman–Crippen LogP) is 1.06. The average molecular weight is 267 g/mol. The van der Waals surface area contributed by atoms with Gasteiger partial charge in [0.2, 0.25) is 5.91 Å². The number of aliphatic hydroxyl groups excluding tert-OH is 2. The van der Waals surface area contributed by atoms with Gasteiger partial charge in [-0.3, -0.25) is 4.79 Å². The van der Waals surface area contributed by atoms with Gasteiger partial charge in [-0.1, -0.05) is 6.42 Å². The van der Waals surface area contributed by atoms with E-state index in [4.69, 9.17) is 0 Å². The number of amides is 1. The van der Waals surface area contributed by atoms with Gasteiger partial charge >= 0.3 is 0 Å². The van der Waals surface area contributed by atoms with Gasteiger partial charge in [-0.2, -0.15) is 0 Å². The highest BCUT2D eigenvalue weighted by Gasteiger charge is 2.45. The van der Waals surface area contributed by atoms with Gasteiger partial charge in [0.25, 0.3) is 0 Å². The van der Waals surface area contributed by atoms with Crippen molar-refractivity contribution in [2.24, 2.45) is 23.2 Å². The monoisotopic (exact) mass is 267 g/mol. The molecule has 108 valence electrons. The van der Waals surface area contributed by atoms with Crippen LogP contribution in [0.2, 0.25) is 0 Å². The minimum Gasteiger partial charge on any atom is -0.396 e. The summed E-state index contributed by atoms with van der Waals surface area (Å²) < 4.78 is 0. The number of rotatable bonds is 5. The lowest BCUT2D eigenvalue weighted by Crippen LogP contribution is -2.54. The lowest BCUT2D eigenvalue weighted by atomic mass is 9.66. The number of nitrogens with one attached hydrogen (secondary N) is 1. The summed E-state index contributed by atoms with van der Waals surface area (Å²) in [6.45, 7) is 0.0322. The van der Waals surface area contributed by atoms with Gasteiger partial charge < -0.3 is 15.5 Å². The Bertz CT molecular complexity index is 345. The van der Waals surface area contributed by atoms with Crippen molar-refractivity contribution >= 4 is 5.91 Å². The minimum absolute atomic E-state index is 0.0161. The number of carbonyl (C=O) groups is 1. The molecule has 19 heavy (non-hydrogen) atoms. The smallest absolute Gasteiger partial charge is 0.220 e. The van der Waals surface area contributed by atoms with Gasteiger partial charge in [0.05, 0.1) is 13.2 Å². The van der Waals surface area contributed by atoms with E-state index >= 15 is 0 Å². The molecule has 0 spiro atoms. The molecule has 4 nitrogen and oxygen atoms in total. The molecule has 0 aliphatic heterocycles. The number of carbonyl (C=O) groups excluding carboxylic acids is 1. The van der Waals surface area contributed by atoms with Gasteiger partial charge in [-0.05, 0) is 49.9 Å². The molecule has 0 radical (unpaired) electrons. The van der Waals surface area contributed by atoms with Crippen LogP contribution >= 0.6 is 0 Å². The van der Waals surface area contributed by atoms with Crippen LogP contribution in [0.1, 0.15) is 44.9 Å². The topological polar surface area (TPSA) is 69.6 Å². The number of hydrogen-bond donors (Lipinski definition) is 3. The first-order valence-electron chi connectivity index (χ1n) is 7.65. The third-order valence-corrected chi connectivity index (χ3v) is 5.73. The molecule has 3 fully saturated rings. The zero-order chi connectivity index (χ0) is 13.5. The molecule has 3 N–H and O–H groups in total. The largest absolute Gasteiger partial charge is 0.396 e. The quantitative estimate of drug-likeness (QED) is 0.697. The van der Waals surface area contributed by atoms with Crippen LogP contribution in [0.5, 0.6) is 0 Å². The zero-order valence-electron chi connectivity index (χ0n) is 11.5. The second-order valence-corrected chi connectivity index (χ2v) is 7.13. The molecule has 3 aliphatic rings. The van der Waals surface area contributed by atoms with Crippen LogP contribution in [0.4, 0.5) is 0 Å². The van der Waals surface area contributed by atoms with Crippen molar-refractivity contribution in [3.63, 3.8) is 0 Å². The standard InChI is InChI=1S/C15H25NO3/c17-8-15(9-18)6-13(7-15)16-14(19)5-12-4-10-1-2-11(12)3-10/h10-13,17-18H,1-9H2,(H,16,19). The SMILES string of the molecule is O=C(CC1CC2CCC1C2)NC1CC(CO)(CO)C1. The molecule has 0 heterocycles. The molecule has 3 atom stereocenters. The maximum atomic E-state index is 12.0. The number of fused-ring (bicyclic) bond motifs is 2. The van der Waals surface area contributed by atoms with Crippen LogP contribution in [0, 0.1) is 23.2 Å². The summed E-state index contributed by atoms with van der Waals surface area (Å²) in [5.41, 5.74) is -0.343. The molecule has 3 saturated carbocycles. The van der Waals surface area contributed by atoms with Crippen molar-refractivity contribution in [3.05, 3.63) is 0 Å². The van der Waals surface area contributed by atoms with E-state index in [1.807, 2.05) is 0 Å². The fourth-order valence-electron chi connectivity index (χ4n) is 4.55. The molecule has 2 bridgehead atoms. The van der Waals surface area contributed by atoms with Gasteiger partial charge in [0, 0.05) is 17.9 Å². The lowest BCUT2D eigenvalue weighted by molar-refractivity contribution is -0.126. The molecule has 1 amide bonds. The summed E-state index contributed by atoms with van der Waals surface area (Å²) in [6.07, 6.45) is 7.40. The van der Waals surface area contributed by atoms with Gasteiger partial charge in [0.1, 0.15) is 0 Å². The summed E-state index contributed by atoms with van der Waals surface area (Å²) in [6, 6.07) is 0.158. The van der Waals surface area contributed by atoms with Crippen molar-refractivity contribution in [3.8, 4) is 0 Å². The van der Waals surface area contributed by atoms with E-state index in [2.05, 4.69) is 5.32 Å². The molecule has 0 aromatic heterocycles. The second kappa shape index (κ2) is 5.06. The van der Waals surface area contributed by atoms with Crippen molar-refractivity contribution in [2.75, 3.05) is 13.2 Å². The molecule has 3 unspecified atom stereocenters. The highest BCUT2D eigenvalue weighted by atomic mass is 16.3. The minimum atomic E-state index is -0.343. The Morgan fingerprint density at radius 1 is 1.16 bits per heavy atom. The molecule has 3 rings (SSSR count). The lowest BCUT2D eigenvalue weighted by Gasteiger charge is -2.45. The Morgan fingerprint density at radius 2 is 1.89 bits per heavy atom. The van der Waals surface area contributed by atoms with Crippen molar-refractivity contribution in [1.29, 1.82) is 0 Å². The first kappa shape index (κ1) is 13.4. The molecule has 0 saturated heterocycles. The average Bonchev–Trinajstić information content (AvgIpc) is 2.95. The van der Waals surface area contributed by atoms with Crippen LogP contribution in [-0.2, 0) is 4.79 Å². The molecule has 4 heteroatoms. The predicted molar refractivity (Wildman–Crippen MR) is 71.3 cm³/mol. The maximum Gasteiger partial charge on any atom is 0.220 e. The summed E-state index contributed by atoms with van der Waals surface area (Å²) in [7, 11) is 0. The second-order valence-electron chi connectivity index (χ2n) is 7.13. The zero-order valence-corrected chi connectivity index (χ0v) is 11.5. The van der Waals surface area contributed by atoms with Crippen LogP contribution in [0.15, 0.2) is 0 Å². The molecule has 0 aromatic carbocycles. The van der Waals surface area contributed by atoms with Crippen LogP contribution < -0.4 is 5.32 Å². The van der Waals surface area contributed by atoms with Crippen molar-refractivity contribution in [1.82, 2.24) is 5.32 Å². The summed E-state index contributed by atoms with van der Waals surface area (Å²) in [5, 5.41) is 21.5. The van der Waals surface area contributed by atoms with Crippen molar-refractivity contribution in [2.45, 2.75) is 51.0 Å². The molecule has 0 aromatic rings. The molecule has 3 aliphatic carbocycles. The summed E-state index contributed by atoms with van der Waals surface area (Å²) in [5.74, 6) is 2.47. The molecular weight excluding hydrogens is 242 g/mol. The first-order valence-corrected chi connectivity index (χ1v) is 7.65. The maximum absolute atomic E-state index is 12.0. The number of aliphatic hydroxyl groups is 2. The van der Waals surface area contributed by atoms with Crippen LogP contribution in [0.25, 0.3) is 0 Å². The normalized spacial score (nSPS) is 36.2. The van der Waals surface area contributed by atoms with Crippen molar-refractivity contribution < 1.29 is 15.0 Å². The van der Waals surface area contributed by atoms with Gasteiger partial charge in [-0.15, -0.1) is 0 Å². The fraction of sp³-hybridized carbons (Fsp3) is 0.933. The van der Waals surface area contributed by atoms with Gasteiger partial charge in [-0.25, -0.2) is 0 Å². The Kier molecular flexibility index (Phi) is 3.56. The summed E-state index contributed by atoms with van der Waals surface area (Å²) >= 11 is 0. The van der Waals surface area contributed by atoms with E-state index in [9.17, 15) is 15.0 Å². The van der Waals surface area contributed by atoms with E-state index in [-0.39, 0.29) is 30.6 Å². The number of hydrogen-bond acceptors (Lipinski definition) is 3.